The summed E-state index contributed by atoms with van der Waals surface area (Å²) in [7, 11) is 0. The van der Waals surface area contributed by atoms with Crippen LogP contribution in [0.4, 0.5) is 0 Å². The van der Waals surface area contributed by atoms with Crippen molar-refractivity contribution in [2.24, 2.45) is 17.8 Å². The molecule has 49 heavy (non-hydrogen) atoms. The van der Waals surface area contributed by atoms with Gasteiger partial charge in [-0.25, -0.2) is 4.79 Å². The predicted octanol–water partition coefficient (Wildman–Crippen LogP) is -1.92. The molecule has 3 fully saturated rings. The number of aliphatic hydroxyl groups is 8. The van der Waals surface area contributed by atoms with Gasteiger partial charge in [0.25, 0.3) is 0 Å². The van der Waals surface area contributed by atoms with Gasteiger partial charge in [0.2, 0.25) is 0 Å². The molecule has 0 aliphatic carbocycles. The Morgan fingerprint density at radius 3 is 1.98 bits per heavy atom. The van der Waals surface area contributed by atoms with Crippen molar-refractivity contribution >= 4 is 5.97 Å². The first-order valence-electron chi connectivity index (χ1n) is 16.9. The summed E-state index contributed by atoms with van der Waals surface area (Å²) >= 11 is 0. The smallest absolute Gasteiger partial charge is 0.333 e. The van der Waals surface area contributed by atoms with Crippen molar-refractivity contribution < 1.29 is 83.9 Å². The third kappa shape index (κ3) is 12.6. The van der Waals surface area contributed by atoms with Crippen LogP contribution in [-0.2, 0) is 38.0 Å². The minimum atomic E-state index is -1.35. The van der Waals surface area contributed by atoms with Gasteiger partial charge >= 0.3 is 5.97 Å². The van der Waals surface area contributed by atoms with Crippen molar-refractivity contribution in [2.75, 3.05) is 52.9 Å². The van der Waals surface area contributed by atoms with Gasteiger partial charge in [-0.1, -0.05) is 6.92 Å². The number of rotatable bonds is 19. The number of carboxylic acids is 1. The second kappa shape index (κ2) is 20.5. The molecule has 17 nitrogen and oxygen atoms in total. The summed E-state index contributed by atoms with van der Waals surface area (Å²) < 4.78 is 39.5. The van der Waals surface area contributed by atoms with Gasteiger partial charge in [0.15, 0.2) is 12.4 Å². The fourth-order valence-electron chi connectivity index (χ4n) is 6.38. The molecule has 3 aliphatic rings. The van der Waals surface area contributed by atoms with Gasteiger partial charge in [0.1, 0.15) is 30.5 Å². The number of allylic oxidation sites excluding steroid dienone is 1. The van der Waals surface area contributed by atoms with Crippen LogP contribution in [-0.4, -0.2) is 178 Å². The zero-order valence-corrected chi connectivity index (χ0v) is 28.3. The zero-order chi connectivity index (χ0) is 36.2. The lowest BCUT2D eigenvalue weighted by atomic mass is 9.89. The minimum absolute atomic E-state index is 0.000517. The second-order valence-electron chi connectivity index (χ2n) is 13.2. The molecule has 15 atom stereocenters. The number of ether oxygens (including phenoxy) is 7. The monoisotopic (exact) mass is 712 g/mol. The number of hydrogen-bond donors (Lipinski definition) is 9. The zero-order valence-electron chi connectivity index (χ0n) is 28.3. The molecule has 3 rings (SSSR count). The Labute approximate surface area is 285 Å². The summed E-state index contributed by atoms with van der Waals surface area (Å²) in [5.41, 5.74) is 0. The summed E-state index contributed by atoms with van der Waals surface area (Å²) in [5.74, 6) is -3.09. The van der Waals surface area contributed by atoms with Gasteiger partial charge in [-0.15, -0.1) is 0 Å². The van der Waals surface area contributed by atoms with Crippen LogP contribution in [0.5, 0.6) is 0 Å². The summed E-state index contributed by atoms with van der Waals surface area (Å²) in [6.07, 6.45) is -10.1. The lowest BCUT2D eigenvalue weighted by Crippen LogP contribution is -2.52. The number of hydrogen-bond acceptors (Lipinski definition) is 16. The van der Waals surface area contributed by atoms with Crippen LogP contribution in [0.25, 0.3) is 0 Å². The van der Waals surface area contributed by atoms with Crippen LogP contribution in [0.15, 0.2) is 11.8 Å². The first kappa shape index (κ1) is 41.9. The molecule has 286 valence electrons. The Hall–Kier alpha value is -1.55. The summed E-state index contributed by atoms with van der Waals surface area (Å²) in [6, 6.07) is 0. The molecule has 9 N–H and O–H groups in total. The van der Waals surface area contributed by atoms with E-state index in [0.717, 1.165) is 6.08 Å². The molecular weight excluding hydrogens is 656 g/mol. The van der Waals surface area contributed by atoms with Gasteiger partial charge in [0.05, 0.1) is 89.1 Å². The SMILES string of the molecule is CCC1OCC(COCC2OC(CO)C(COCC3OC(C(=O)O)C(COCC(OC(C)O)C(O)/C=C(\C)O)C[C@@H]3O)CC2O)C(O)C1O. The van der Waals surface area contributed by atoms with Crippen molar-refractivity contribution in [1.82, 2.24) is 0 Å². The van der Waals surface area contributed by atoms with E-state index in [1.165, 1.54) is 13.8 Å². The standard InChI is InChI=1S/C32H56O17/c1-4-24-30(40)29(39)20(12-46-24)11-45-14-27-22(37)6-18(25(8-33)48-27)9-43-15-28-23(38)7-19(31(49-28)32(41)42)10-44-13-26(47-17(3)35)21(36)5-16(2)34/h5,17-31,33-40H,4,6-15H2,1-3H3,(H,41,42)/b16-5+/t17?,18?,19?,20?,21?,22?,23-,24?,25?,26?,27?,28?,29?,30?,31?/m0/s1. The average Bonchev–Trinajstić information content (AvgIpc) is 3.03. The third-order valence-electron chi connectivity index (χ3n) is 9.14. The van der Waals surface area contributed by atoms with E-state index in [1.54, 1.807) is 0 Å². The van der Waals surface area contributed by atoms with Crippen LogP contribution >= 0.6 is 0 Å². The maximum absolute atomic E-state index is 12.0. The fourth-order valence-corrected chi connectivity index (χ4v) is 6.38. The second-order valence-corrected chi connectivity index (χ2v) is 13.2. The molecule has 0 aromatic heterocycles. The highest BCUT2D eigenvalue weighted by Crippen LogP contribution is 2.30. The number of aliphatic carboxylic acids is 1. The Bertz CT molecular complexity index is 995. The first-order chi connectivity index (χ1) is 23.2. The lowest BCUT2D eigenvalue weighted by Gasteiger charge is -2.40. The van der Waals surface area contributed by atoms with Crippen molar-refractivity contribution in [3.63, 3.8) is 0 Å². The van der Waals surface area contributed by atoms with Gasteiger partial charge in [-0.2, -0.15) is 0 Å². The Morgan fingerprint density at radius 1 is 0.816 bits per heavy atom. The van der Waals surface area contributed by atoms with E-state index in [0.29, 0.717) is 6.42 Å². The third-order valence-corrected chi connectivity index (χ3v) is 9.14. The Morgan fingerprint density at radius 2 is 1.41 bits per heavy atom. The van der Waals surface area contributed by atoms with Crippen LogP contribution in [0.2, 0.25) is 0 Å². The van der Waals surface area contributed by atoms with Crippen LogP contribution < -0.4 is 0 Å². The van der Waals surface area contributed by atoms with E-state index in [4.69, 9.17) is 33.2 Å². The maximum atomic E-state index is 12.0. The van der Waals surface area contributed by atoms with E-state index < -0.39 is 97.2 Å². The molecule has 0 aromatic rings. The normalized spacial score (nSPS) is 37.8. The van der Waals surface area contributed by atoms with Gasteiger partial charge in [-0.05, 0) is 39.2 Å². The quantitative estimate of drug-likeness (QED) is 0.0522. The molecule has 3 heterocycles. The Kier molecular flexibility index (Phi) is 17.5. The largest absolute Gasteiger partial charge is 0.513 e. The molecule has 3 saturated heterocycles. The van der Waals surface area contributed by atoms with E-state index in [1.807, 2.05) is 6.92 Å². The molecule has 0 saturated carbocycles. The first-order valence-corrected chi connectivity index (χ1v) is 16.9. The maximum Gasteiger partial charge on any atom is 0.333 e. The van der Waals surface area contributed by atoms with Gasteiger partial charge in [-0.3, -0.25) is 0 Å². The number of carboxylic acid groups (broad SMARTS) is 1. The molecule has 0 spiro atoms. The van der Waals surface area contributed by atoms with E-state index in [-0.39, 0.29) is 71.5 Å². The molecule has 0 bridgehead atoms. The molecule has 0 radical (unpaired) electrons. The van der Waals surface area contributed by atoms with Crippen molar-refractivity contribution in [1.29, 1.82) is 0 Å². The van der Waals surface area contributed by atoms with Crippen molar-refractivity contribution in [3.05, 3.63) is 11.8 Å². The topological polar surface area (TPSA) is 264 Å². The number of aliphatic hydroxyl groups excluding tert-OH is 8. The predicted molar refractivity (Wildman–Crippen MR) is 167 cm³/mol. The van der Waals surface area contributed by atoms with E-state index in [9.17, 15) is 50.8 Å². The van der Waals surface area contributed by atoms with E-state index in [2.05, 4.69) is 0 Å². The lowest BCUT2D eigenvalue weighted by molar-refractivity contribution is -0.209. The highest BCUT2D eigenvalue weighted by molar-refractivity contribution is 5.73. The molecule has 14 unspecified atom stereocenters. The summed E-state index contributed by atoms with van der Waals surface area (Å²) in [5, 5.41) is 91.1. The molecule has 0 amide bonds. The minimum Gasteiger partial charge on any atom is -0.513 e. The van der Waals surface area contributed by atoms with Crippen molar-refractivity contribution in [2.45, 2.75) is 113 Å². The van der Waals surface area contributed by atoms with Crippen LogP contribution in [0, 0.1) is 17.8 Å². The molecule has 0 aromatic carbocycles. The highest BCUT2D eigenvalue weighted by Gasteiger charge is 2.43. The molecule has 3 aliphatic heterocycles. The van der Waals surface area contributed by atoms with Crippen molar-refractivity contribution in [3.8, 4) is 0 Å². The summed E-state index contributed by atoms with van der Waals surface area (Å²) in [6.45, 7) is 3.88. The fraction of sp³-hybridized carbons (Fsp3) is 0.906. The number of carbonyl (C=O) groups is 1. The highest BCUT2D eigenvalue weighted by atomic mass is 16.6. The Balaban J connectivity index is 1.44. The summed E-state index contributed by atoms with van der Waals surface area (Å²) in [4.78, 5) is 12.0. The van der Waals surface area contributed by atoms with E-state index >= 15 is 0 Å². The van der Waals surface area contributed by atoms with Crippen LogP contribution in [0.3, 0.4) is 0 Å². The molecule has 17 heteroatoms. The average molecular weight is 713 g/mol. The van der Waals surface area contributed by atoms with Crippen LogP contribution in [0.1, 0.15) is 40.0 Å². The van der Waals surface area contributed by atoms with Gasteiger partial charge < -0.3 is 79.1 Å². The molecular formula is C32H56O17. The van der Waals surface area contributed by atoms with Gasteiger partial charge in [0, 0.05) is 17.8 Å².